The first kappa shape index (κ1) is 22.7. The third-order valence-electron chi connectivity index (χ3n) is 6.24. The minimum Gasteiger partial charge on any atom is -0.469 e. The monoisotopic (exact) mass is 449 g/mol. The van der Waals surface area contributed by atoms with Gasteiger partial charge in [0.25, 0.3) is 5.91 Å². The zero-order valence-electron chi connectivity index (χ0n) is 18.6. The summed E-state index contributed by atoms with van der Waals surface area (Å²) in [6.45, 7) is 2.40. The van der Waals surface area contributed by atoms with Crippen molar-refractivity contribution in [3.8, 4) is 17.3 Å². The zero-order chi connectivity index (χ0) is 23.2. The Kier molecular flexibility index (Phi) is 7.15. The van der Waals surface area contributed by atoms with E-state index in [1.165, 1.54) is 7.11 Å². The molecular formula is C24H27N5O4. The molecular weight excluding hydrogens is 422 g/mol. The van der Waals surface area contributed by atoms with E-state index in [2.05, 4.69) is 21.6 Å². The second-order valence-electron chi connectivity index (χ2n) is 8.30. The number of nitriles is 1. The van der Waals surface area contributed by atoms with Crippen LogP contribution in [0.15, 0.2) is 30.3 Å². The van der Waals surface area contributed by atoms with Crippen LogP contribution in [0, 0.1) is 17.2 Å². The van der Waals surface area contributed by atoms with Gasteiger partial charge >= 0.3 is 5.97 Å². The van der Waals surface area contributed by atoms with Gasteiger partial charge in [-0.3, -0.25) is 9.59 Å². The standard InChI is InChI=1S/C24H27N5O4/c1-32-24(31)18-6-8-19(9-7-18)26-23(30)20-14-21(17-4-2-16(15-25)3-5-17)27-28-22(20)29-10-12-33-13-11-29/h2-5,14,18-19H,6-13H2,1H3,(H,26,30)/t18-,19-. The van der Waals surface area contributed by atoms with Crippen LogP contribution in [0.5, 0.6) is 0 Å². The molecule has 0 atom stereocenters. The van der Waals surface area contributed by atoms with Gasteiger partial charge < -0.3 is 19.7 Å². The Bertz CT molecular complexity index is 1040. The van der Waals surface area contributed by atoms with Crippen LogP contribution < -0.4 is 10.2 Å². The summed E-state index contributed by atoms with van der Waals surface area (Å²) in [4.78, 5) is 27.2. The maximum absolute atomic E-state index is 13.4. The van der Waals surface area contributed by atoms with E-state index in [0.29, 0.717) is 61.8 Å². The first-order valence-electron chi connectivity index (χ1n) is 11.2. The number of carbonyl (C=O) groups is 2. The van der Waals surface area contributed by atoms with Crippen LogP contribution in [0.2, 0.25) is 0 Å². The molecule has 9 nitrogen and oxygen atoms in total. The van der Waals surface area contributed by atoms with Gasteiger partial charge in [0, 0.05) is 24.7 Å². The van der Waals surface area contributed by atoms with Crippen LogP contribution in [0.25, 0.3) is 11.3 Å². The summed E-state index contributed by atoms with van der Waals surface area (Å²) in [5.41, 5.74) is 2.36. The molecule has 0 spiro atoms. The SMILES string of the molecule is COC(=O)[C@H]1CC[C@H](NC(=O)c2cc(-c3ccc(C#N)cc3)nnc2N2CCOCC2)CC1. The summed E-state index contributed by atoms with van der Waals surface area (Å²) in [5, 5.41) is 20.9. The lowest BCUT2D eigenvalue weighted by Crippen LogP contribution is -2.41. The Morgan fingerprint density at radius 1 is 1.12 bits per heavy atom. The minimum absolute atomic E-state index is 0.0116. The van der Waals surface area contributed by atoms with E-state index in [-0.39, 0.29) is 23.8 Å². The molecule has 0 bridgehead atoms. The number of nitrogens with one attached hydrogen (secondary N) is 1. The quantitative estimate of drug-likeness (QED) is 0.691. The highest BCUT2D eigenvalue weighted by molar-refractivity contribution is 6.00. The van der Waals surface area contributed by atoms with Gasteiger partial charge in [0.15, 0.2) is 5.82 Å². The van der Waals surface area contributed by atoms with Crippen molar-refractivity contribution in [1.29, 1.82) is 5.26 Å². The molecule has 1 amide bonds. The van der Waals surface area contributed by atoms with Crippen LogP contribution in [0.3, 0.4) is 0 Å². The molecule has 33 heavy (non-hydrogen) atoms. The number of benzene rings is 1. The Morgan fingerprint density at radius 3 is 2.45 bits per heavy atom. The summed E-state index contributed by atoms with van der Waals surface area (Å²) in [6.07, 6.45) is 2.83. The molecule has 2 aliphatic rings. The lowest BCUT2D eigenvalue weighted by molar-refractivity contribution is -0.146. The number of nitrogens with zero attached hydrogens (tertiary/aromatic N) is 4. The average molecular weight is 450 g/mol. The van der Waals surface area contributed by atoms with Crippen molar-refractivity contribution < 1.29 is 19.1 Å². The number of methoxy groups -OCH3 is 1. The fourth-order valence-corrected chi connectivity index (χ4v) is 4.32. The predicted octanol–water partition coefficient (Wildman–Crippen LogP) is 2.31. The maximum atomic E-state index is 13.4. The fraction of sp³-hybridized carbons (Fsp3) is 0.458. The molecule has 1 aromatic heterocycles. The highest BCUT2D eigenvalue weighted by Crippen LogP contribution is 2.28. The van der Waals surface area contributed by atoms with Gasteiger partial charge in [0.05, 0.1) is 49.1 Å². The number of rotatable bonds is 5. The van der Waals surface area contributed by atoms with Crippen LogP contribution in [-0.4, -0.2) is 61.5 Å². The van der Waals surface area contributed by atoms with E-state index in [1.54, 1.807) is 30.3 Å². The second-order valence-corrected chi connectivity index (χ2v) is 8.30. The molecule has 1 aliphatic carbocycles. The normalized spacial score (nSPS) is 20.5. The van der Waals surface area contributed by atoms with Crippen LogP contribution in [0.4, 0.5) is 5.82 Å². The summed E-state index contributed by atoms with van der Waals surface area (Å²) in [5.74, 6) is 0.0525. The van der Waals surface area contributed by atoms with Crippen LogP contribution >= 0.6 is 0 Å². The lowest BCUT2D eigenvalue weighted by Gasteiger charge is -2.30. The molecule has 4 rings (SSSR count). The maximum Gasteiger partial charge on any atom is 0.308 e. The molecule has 2 aromatic rings. The van der Waals surface area contributed by atoms with Gasteiger partial charge in [-0.1, -0.05) is 12.1 Å². The third-order valence-corrected chi connectivity index (χ3v) is 6.24. The van der Waals surface area contributed by atoms with Crippen molar-refractivity contribution in [1.82, 2.24) is 15.5 Å². The number of anilines is 1. The Labute approximate surface area is 192 Å². The number of hydrogen-bond donors (Lipinski definition) is 1. The number of morpholine rings is 1. The van der Waals surface area contributed by atoms with Crippen molar-refractivity contribution in [2.45, 2.75) is 31.7 Å². The summed E-state index contributed by atoms with van der Waals surface area (Å²) < 4.78 is 10.3. The molecule has 1 N–H and O–H groups in total. The first-order valence-corrected chi connectivity index (χ1v) is 11.2. The number of hydrogen-bond acceptors (Lipinski definition) is 8. The molecule has 0 unspecified atom stereocenters. The Hall–Kier alpha value is -3.51. The second kappa shape index (κ2) is 10.4. The van der Waals surface area contributed by atoms with E-state index in [4.69, 9.17) is 14.7 Å². The molecule has 0 radical (unpaired) electrons. The molecule has 2 heterocycles. The highest BCUT2D eigenvalue weighted by Gasteiger charge is 2.29. The van der Waals surface area contributed by atoms with Crippen molar-refractivity contribution in [2.24, 2.45) is 5.92 Å². The van der Waals surface area contributed by atoms with Crippen molar-refractivity contribution in [3.63, 3.8) is 0 Å². The number of esters is 1. The van der Waals surface area contributed by atoms with Crippen molar-refractivity contribution >= 4 is 17.7 Å². The number of carbonyl (C=O) groups excluding carboxylic acids is 2. The molecule has 1 saturated carbocycles. The van der Waals surface area contributed by atoms with Gasteiger partial charge in [-0.25, -0.2) is 0 Å². The predicted molar refractivity (Wildman–Crippen MR) is 120 cm³/mol. The number of aromatic nitrogens is 2. The van der Waals surface area contributed by atoms with Crippen LogP contribution in [-0.2, 0) is 14.3 Å². The minimum atomic E-state index is -0.206. The van der Waals surface area contributed by atoms with Gasteiger partial charge in [0.1, 0.15) is 0 Å². The zero-order valence-corrected chi connectivity index (χ0v) is 18.6. The third kappa shape index (κ3) is 5.29. The Balaban J connectivity index is 1.56. The largest absolute Gasteiger partial charge is 0.469 e. The van der Waals surface area contributed by atoms with Gasteiger partial charge in [-0.05, 0) is 43.9 Å². The summed E-state index contributed by atoms with van der Waals surface area (Å²) >= 11 is 0. The highest BCUT2D eigenvalue weighted by atomic mass is 16.5. The molecule has 1 aromatic carbocycles. The van der Waals surface area contributed by atoms with Crippen LogP contribution in [0.1, 0.15) is 41.6 Å². The lowest BCUT2D eigenvalue weighted by atomic mass is 9.86. The van der Waals surface area contributed by atoms with E-state index in [1.807, 2.05) is 4.90 Å². The molecule has 1 saturated heterocycles. The Morgan fingerprint density at radius 2 is 1.82 bits per heavy atom. The topological polar surface area (TPSA) is 117 Å². The van der Waals surface area contributed by atoms with E-state index in [0.717, 1.165) is 18.4 Å². The van der Waals surface area contributed by atoms with E-state index in [9.17, 15) is 9.59 Å². The van der Waals surface area contributed by atoms with Gasteiger partial charge in [0.2, 0.25) is 0 Å². The van der Waals surface area contributed by atoms with E-state index >= 15 is 0 Å². The van der Waals surface area contributed by atoms with Gasteiger partial charge in [-0.2, -0.15) is 5.26 Å². The van der Waals surface area contributed by atoms with Gasteiger partial charge in [-0.15, -0.1) is 10.2 Å². The van der Waals surface area contributed by atoms with E-state index < -0.39 is 0 Å². The molecule has 9 heteroatoms. The number of ether oxygens (including phenoxy) is 2. The summed E-state index contributed by atoms with van der Waals surface area (Å²) in [7, 11) is 1.41. The summed E-state index contributed by atoms with van der Waals surface area (Å²) in [6, 6.07) is 10.9. The molecule has 2 fully saturated rings. The van der Waals surface area contributed by atoms with Crippen molar-refractivity contribution in [3.05, 3.63) is 41.5 Å². The van der Waals surface area contributed by atoms with Crippen molar-refractivity contribution in [2.75, 3.05) is 38.3 Å². The smallest absolute Gasteiger partial charge is 0.308 e. The molecule has 1 aliphatic heterocycles. The first-order chi connectivity index (χ1) is 16.1. The number of amides is 1. The fourth-order valence-electron chi connectivity index (χ4n) is 4.32. The average Bonchev–Trinajstić information content (AvgIpc) is 2.89. The molecule has 172 valence electrons.